The Morgan fingerprint density at radius 1 is 1.22 bits per heavy atom. The minimum Gasteiger partial charge on any atom is -0.388 e. The molecule has 2 fully saturated rings. The molecule has 150 valence electrons. The van der Waals surface area contributed by atoms with Gasteiger partial charge in [0.05, 0.1) is 12.1 Å². The van der Waals surface area contributed by atoms with E-state index in [4.69, 9.17) is 9.73 Å². The molecule has 0 radical (unpaired) electrons. The molecular weight excluding hydrogens is 453 g/mol. The highest BCUT2D eigenvalue weighted by molar-refractivity contribution is 14.0. The average Bonchev–Trinajstić information content (AvgIpc) is 2.67. The molecule has 0 atom stereocenters. The molecule has 0 bridgehead atoms. The van der Waals surface area contributed by atoms with Crippen molar-refractivity contribution in [3.05, 3.63) is 41.5 Å². The van der Waals surface area contributed by atoms with Crippen LogP contribution in [0.5, 0.6) is 0 Å². The van der Waals surface area contributed by atoms with Crippen LogP contribution >= 0.6 is 24.0 Å². The molecule has 2 aliphatic heterocycles. The predicted octanol–water partition coefficient (Wildman–Crippen LogP) is 3.29. The number of ether oxygens (including phenoxy) is 1. The van der Waals surface area contributed by atoms with Gasteiger partial charge in [0.1, 0.15) is 0 Å². The summed E-state index contributed by atoms with van der Waals surface area (Å²) in [5.41, 5.74) is 2.05. The fourth-order valence-electron chi connectivity index (χ4n) is 3.49. The zero-order valence-electron chi connectivity index (χ0n) is 16.2. The second kappa shape index (κ2) is 11.0. The largest absolute Gasteiger partial charge is 0.388 e. The van der Waals surface area contributed by atoms with E-state index in [0.29, 0.717) is 32.6 Å². The molecule has 2 aliphatic rings. The third kappa shape index (κ3) is 6.76. The molecule has 2 saturated heterocycles. The second-order valence-electron chi connectivity index (χ2n) is 7.21. The van der Waals surface area contributed by atoms with E-state index in [-0.39, 0.29) is 24.0 Å². The first kappa shape index (κ1) is 22.2. The van der Waals surface area contributed by atoms with E-state index in [1.54, 1.807) is 0 Å². The number of halogens is 1. The molecule has 2 heterocycles. The highest BCUT2D eigenvalue weighted by Gasteiger charge is 2.30. The van der Waals surface area contributed by atoms with Crippen molar-refractivity contribution >= 4 is 36.0 Å². The van der Waals surface area contributed by atoms with Gasteiger partial charge >= 0.3 is 0 Å². The number of likely N-dealkylation sites (tertiary alicyclic amines) is 1. The fourth-order valence-corrected chi connectivity index (χ4v) is 3.49. The van der Waals surface area contributed by atoms with Crippen LogP contribution in [0.15, 0.2) is 40.9 Å². The first-order valence-electron chi connectivity index (χ1n) is 9.76. The summed E-state index contributed by atoms with van der Waals surface area (Å²) in [5.74, 6) is 0.922. The zero-order valence-corrected chi connectivity index (χ0v) is 18.5. The minimum atomic E-state index is -0.715. The Labute approximate surface area is 179 Å². The van der Waals surface area contributed by atoms with Gasteiger partial charge in [-0.15, -0.1) is 24.0 Å². The summed E-state index contributed by atoms with van der Waals surface area (Å²) >= 11 is 0. The maximum atomic E-state index is 10.7. The number of nitrogens with one attached hydrogen (secondary N) is 1. The zero-order chi connectivity index (χ0) is 18.2. The van der Waals surface area contributed by atoms with Crippen LogP contribution < -0.4 is 5.32 Å². The van der Waals surface area contributed by atoms with Gasteiger partial charge in [0.25, 0.3) is 0 Å². The van der Waals surface area contributed by atoms with E-state index in [2.05, 4.69) is 53.5 Å². The molecule has 0 unspecified atom stereocenters. The fraction of sp³-hybridized carbons (Fsp3) is 0.571. The first-order chi connectivity index (χ1) is 12.7. The number of piperidine rings is 1. The van der Waals surface area contributed by atoms with E-state index in [9.17, 15) is 5.11 Å². The van der Waals surface area contributed by atoms with E-state index in [1.807, 2.05) is 0 Å². The molecule has 3 rings (SSSR count). The van der Waals surface area contributed by atoms with Crippen molar-refractivity contribution in [2.45, 2.75) is 38.2 Å². The van der Waals surface area contributed by atoms with Gasteiger partial charge in [-0.05, 0) is 25.3 Å². The molecule has 1 aromatic carbocycles. The molecule has 6 heteroatoms. The third-order valence-corrected chi connectivity index (χ3v) is 5.16. The summed E-state index contributed by atoms with van der Waals surface area (Å²) in [4.78, 5) is 7.06. The molecule has 0 amide bonds. The maximum Gasteiger partial charge on any atom is 0.194 e. The molecule has 5 nitrogen and oxygen atoms in total. The molecule has 2 N–H and O–H groups in total. The first-order valence-corrected chi connectivity index (χ1v) is 9.76. The van der Waals surface area contributed by atoms with Gasteiger partial charge in [-0.1, -0.05) is 42.0 Å². The van der Waals surface area contributed by atoms with Crippen molar-refractivity contribution in [2.24, 2.45) is 4.99 Å². The number of aliphatic hydroxyl groups is 1. The Bertz CT molecular complexity index is 618. The highest BCUT2D eigenvalue weighted by atomic mass is 127. The van der Waals surface area contributed by atoms with Crippen LogP contribution in [-0.2, 0) is 4.74 Å². The quantitative estimate of drug-likeness (QED) is 0.391. The number of aliphatic imine (C=N–C) groups is 1. The van der Waals surface area contributed by atoms with Crippen molar-refractivity contribution < 1.29 is 9.84 Å². The Hall–Kier alpha value is -1.12. The smallest absolute Gasteiger partial charge is 0.194 e. The standard InChI is InChI=1S/C21H31N3O2.HI/c1-2-22-20(23-17-21(25)10-14-26-15-11-21)24-12-8-19(9-13-24)16-18-6-4-3-5-7-18;/h3-7,16,25H,2,8-15,17H2,1H3,(H,22,23);1H. The minimum absolute atomic E-state index is 0. The molecule has 27 heavy (non-hydrogen) atoms. The molecule has 0 aliphatic carbocycles. The van der Waals surface area contributed by atoms with E-state index in [1.165, 1.54) is 11.1 Å². The summed E-state index contributed by atoms with van der Waals surface area (Å²) < 4.78 is 5.36. The molecule has 0 aromatic heterocycles. The third-order valence-electron chi connectivity index (χ3n) is 5.16. The number of benzene rings is 1. The Morgan fingerprint density at radius 3 is 2.52 bits per heavy atom. The van der Waals surface area contributed by atoms with Crippen LogP contribution in [-0.4, -0.2) is 61.0 Å². The lowest BCUT2D eigenvalue weighted by Crippen LogP contribution is -2.46. The lowest BCUT2D eigenvalue weighted by atomic mass is 9.95. The topological polar surface area (TPSA) is 57.1 Å². The van der Waals surface area contributed by atoms with Crippen LogP contribution in [0.25, 0.3) is 6.08 Å². The Kier molecular flexibility index (Phi) is 9.05. The van der Waals surface area contributed by atoms with E-state index < -0.39 is 5.60 Å². The van der Waals surface area contributed by atoms with E-state index >= 15 is 0 Å². The highest BCUT2D eigenvalue weighted by Crippen LogP contribution is 2.22. The normalized spacial score (nSPS) is 20.0. The molecule has 0 saturated carbocycles. The van der Waals surface area contributed by atoms with Gasteiger partial charge in [-0.2, -0.15) is 0 Å². The van der Waals surface area contributed by atoms with Crippen molar-refractivity contribution in [1.29, 1.82) is 0 Å². The number of rotatable bonds is 4. The van der Waals surface area contributed by atoms with Gasteiger partial charge in [0, 0.05) is 45.7 Å². The number of guanidine groups is 1. The van der Waals surface area contributed by atoms with Crippen molar-refractivity contribution in [3.8, 4) is 0 Å². The Morgan fingerprint density at radius 2 is 1.89 bits per heavy atom. The van der Waals surface area contributed by atoms with Crippen LogP contribution in [0.2, 0.25) is 0 Å². The molecular formula is C21H32IN3O2. The van der Waals surface area contributed by atoms with Crippen LogP contribution in [0.3, 0.4) is 0 Å². The lowest BCUT2D eigenvalue weighted by Gasteiger charge is -2.34. The SMILES string of the molecule is CCNC(=NCC1(O)CCOCC1)N1CCC(=Cc2ccccc2)CC1.I. The van der Waals surface area contributed by atoms with Crippen molar-refractivity contribution in [3.63, 3.8) is 0 Å². The second-order valence-corrected chi connectivity index (χ2v) is 7.21. The van der Waals surface area contributed by atoms with Gasteiger partial charge in [0.2, 0.25) is 0 Å². The number of hydrogen-bond donors (Lipinski definition) is 2. The molecule has 0 spiro atoms. The summed E-state index contributed by atoms with van der Waals surface area (Å²) in [7, 11) is 0. The summed E-state index contributed by atoms with van der Waals surface area (Å²) in [6.45, 7) is 6.55. The Balaban J connectivity index is 0.00000261. The summed E-state index contributed by atoms with van der Waals surface area (Å²) in [6.07, 6.45) is 5.75. The van der Waals surface area contributed by atoms with Gasteiger partial charge in [-0.25, -0.2) is 0 Å². The van der Waals surface area contributed by atoms with E-state index in [0.717, 1.165) is 38.4 Å². The van der Waals surface area contributed by atoms with Crippen LogP contribution in [0.4, 0.5) is 0 Å². The summed E-state index contributed by atoms with van der Waals surface area (Å²) in [5, 5.41) is 14.0. The number of hydrogen-bond acceptors (Lipinski definition) is 3. The maximum absolute atomic E-state index is 10.7. The molecule has 1 aromatic rings. The van der Waals surface area contributed by atoms with Crippen LogP contribution in [0.1, 0.15) is 38.2 Å². The van der Waals surface area contributed by atoms with Gasteiger partial charge in [0.15, 0.2) is 5.96 Å². The predicted molar refractivity (Wildman–Crippen MR) is 122 cm³/mol. The summed E-state index contributed by atoms with van der Waals surface area (Å²) in [6, 6.07) is 10.5. The monoisotopic (exact) mass is 485 g/mol. The van der Waals surface area contributed by atoms with Crippen molar-refractivity contribution in [2.75, 3.05) is 39.4 Å². The lowest BCUT2D eigenvalue weighted by molar-refractivity contribution is -0.0566. The van der Waals surface area contributed by atoms with Crippen molar-refractivity contribution in [1.82, 2.24) is 10.2 Å². The average molecular weight is 485 g/mol. The van der Waals surface area contributed by atoms with Crippen LogP contribution in [0, 0.1) is 0 Å². The van der Waals surface area contributed by atoms with Gasteiger partial charge in [-0.3, -0.25) is 4.99 Å². The number of nitrogens with zero attached hydrogens (tertiary/aromatic N) is 2. The van der Waals surface area contributed by atoms with Gasteiger partial charge < -0.3 is 20.1 Å².